The van der Waals surface area contributed by atoms with Crippen LogP contribution in [0.25, 0.3) is 11.5 Å². The zero-order valence-electron chi connectivity index (χ0n) is 17.9. The number of benzene rings is 3. The first kappa shape index (κ1) is 23.9. The average molecular weight is 515 g/mol. The highest BCUT2D eigenvalue weighted by atomic mass is 35.5. The van der Waals surface area contributed by atoms with E-state index in [1.54, 1.807) is 48.5 Å². The van der Waals surface area contributed by atoms with Crippen molar-refractivity contribution in [2.75, 3.05) is 18.2 Å². The number of hydrogen-bond acceptors (Lipinski definition) is 7. The maximum Gasteiger partial charge on any atom is 0.234 e. The molecule has 0 aliphatic carbocycles. The number of anilines is 1. The second kappa shape index (κ2) is 10.3. The summed E-state index contributed by atoms with van der Waals surface area (Å²) in [5, 5.41) is 2.92. The molecule has 7 nitrogen and oxygen atoms in total. The number of ether oxygens (including phenoxy) is 1. The summed E-state index contributed by atoms with van der Waals surface area (Å²) in [6.07, 6.45) is 0. The Balaban J connectivity index is 1.63. The van der Waals surface area contributed by atoms with Gasteiger partial charge in [0.2, 0.25) is 31.8 Å². The molecule has 1 amide bonds. The summed E-state index contributed by atoms with van der Waals surface area (Å²) in [6.45, 7) is 0. The Morgan fingerprint density at radius 2 is 1.71 bits per heavy atom. The van der Waals surface area contributed by atoms with Gasteiger partial charge in [-0.25, -0.2) is 8.42 Å². The third-order valence-electron chi connectivity index (χ3n) is 4.68. The fraction of sp³-hybridized carbons (Fsp3) is 0.0833. The van der Waals surface area contributed by atoms with Gasteiger partial charge in [-0.3, -0.25) is 4.79 Å². The van der Waals surface area contributed by atoms with Gasteiger partial charge in [-0.2, -0.15) is 4.98 Å². The molecule has 0 saturated carbocycles. The molecule has 1 heterocycles. The van der Waals surface area contributed by atoms with E-state index in [2.05, 4.69) is 10.3 Å². The van der Waals surface area contributed by atoms with Crippen LogP contribution >= 0.6 is 23.4 Å². The van der Waals surface area contributed by atoms with Crippen molar-refractivity contribution in [2.24, 2.45) is 0 Å². The number of methoxy groups -OCH3 is 1. The predicted molar refractivity (Wildman–Crippen MR) is 131 cm³/mol. The van der Waals surface area contributed by atoms with Crippen LogP contribution in [-0.4, -0.2) is 32.2 Å². The monoisotopic (exact) mass is 514 g/mol. The number of aromatic nitrogens is 1. The molecule has 4 rings (SSSR count). The molecule has 1 aromatic heterocycles. The SMILES string of the molecule is COc1ccccc1NC(=O)CSc1oc(-c2ccccc2)nc1S(=O)(=O)c1ccc(Cl)cc1. The van der Waals surface area contributed by atoms with Gasteiger partial charge in [0.05, 0.1) is 23.4 Å². The van der Waals surface area contributed by atoms with E-state index in [1.165, 1.54) is 31.4 Å². The number of amides is 1. The molecule has 0 spiro atoms. The first-order valence-corrected chi connectivity index (χ1v) is 12.9. The Bertz CT molecular complexity index is 1410. The van der Waals surface area contributed by atoms with Crippen molar-refractivity contribution >= 4 is 44.8 Å². The van der Waals surface area contributed by atoms with E-state index < -0.39 is 9.84 Å². The summed E-state index contributed by atoms with van der Waals surface area (Å²) in [4.78, 5) is 16.9. The minimum absolute atomic E-state index is 0.0176. The molecule has 0 aliphatic rings. The molecule has 0 saturated heterocycles. The van der Waals surface area contributed by atoms with E-state index in [1.807, 2.05) is 6.07 Å². The topological polar surface area (TPSA) is 98.5 Å². The molecule has 0 fully saturated rings. The molecule has 0 bridgehead atoms. The Morgan fingerprint density at radius 1 is 1.03 bits per heavy atom. The molecule has 0 unspecified atom stereocenters. The third kappa shape index (κ3) is 5.27. The van der Waals surface area contributed by atoms with Crippen molar-refractivity contribution in [3.63, 3.8) is 0 Å². The van der Waals surface area contributed by atoms with Crippen LogP contribution in [0.4, 0.5) is 5.69 Å². The zero-order valence-corrected chi connectivity index (χ0v) is 20.3. The minimum atomic E-state index is -4.03. The van der Waals surface area contributed by atoms with E-state index in [0.717, 1.165) is 11.8 Å². The number of nitrogens with one attached hydrogen (secondary N) is 1. The molecule has 34 heavy (non-hydrogen) atoms. The summed E-state index contributed by atoms with van der Waals surface area (Å²) in [6, 6.07) is 21.7. The van der Waals surface area contributed by atoms with Gasteiger partial charge in [0.25, 0.3) is 0 Å². The van der Waals surface area contributed by atoms with Crippen molar-refractivity contribution in [3.05, 3.63) is 83.9 Å². The van der Waals surface area contributed by atoms with Crippen LogP contribution in [0.2, 0.25) is 5.02 Å². The van der Waals surface area contributed by atoms with Crippen molar-refractivity contribution in [1.29, 1.82) is 0 Å². The molecule has 1 N–H and O–H groups in total. The fourth-order valence-corrected chi connectivity index (χ4v) is 5.50. The second-order valence-corrected chi connectivity index (χ2v) is 10.2. The van der Waals surface area contributed by atoms with E-state index in [-0.39, 0.29) is 32.6 Å². The highest BCUT2D eigenvalue weighted by molar-refractivity contribution is 8.00. The number of sulfone groups is 1. The average Bonchev–Trinajstić information content (AvgIpc) is 3.29. The summed E-state index contributed by atoms with van der Waals surface area (Å²) in [7, 11) is -2.52. The third-order valence-corrected chi connectivity index (χ3v) is 7.69. The van der Waals surface area contributed by atoms with Crippen LogP contribution in [0.5, 0.6) is 5.75 Å². The number of halogens is 1. The normalized spacial score (nSPS) is 11.2. The number of carbonyl (C=O) groups excluding carboxylic acids is 1. The van der Waals surface area contributed by atoms with Crippen LogP contribution < -0.4 is 10.1 Å². The lowest BCUT2D eigenvalue weighted by Gasteiger charge is -2.09. The van der Waals surface area contributed by atoms with Gasteiger partial charge in [0.1, 0.15) is 5.75 Å². The first-order chi connectivity index (χ1) is 16.4. The smallest absolute Gasteiger partial charge is 0.234 e. The number of thioether (sulfide) groups is 1. The van der Waals surface area contributed by atoms with Crippen molar-refractivity contribution in [2.45, 2.75) is 15.0 Å². The van der Waals surface area contributed by atoms with Crippen molar-refractivity contribution in [1.82, 2.24) is 4.98 Å². The molecule has 3 aromatic carbocycles. The zero-order chi connectivity index (χ0) is 24.1. The van der Waals surface area contributed by atoms with Crippen LogP contribution in [0.1, 0.15) is 0 Å². The maximum atomic E-state index is 13.3. The van der Waals surface area contributed by atoms with Crippen molar-refractivity contribution in [3.8, 4) is 17.2 Å². The molecule has 10 heteroatoms. The first-order valence-electron chi connectivity index (χ1n) is 10.0. The summed E-state index contributed by atoms with van der Waals surface area (Å²) >= 11 is 6.85. The summed E-state index contributed by atoms with van der Waals surface area (Å²) < 4.78 is 37.7. The van der Waals surface area contributed by atoms with Gasteiger partial charge in [0.15, 0.2) is 0 Å². The minimum Gasteiger partial charge on any atom is -0.495 e. The Labute approximate surface area is 206 Å². The quantitative estimate of drug-likeness (QED) is 0.307. The number of rotatable bonds is 8. The van der Waals surface area contributed by atoms with Gasteiger partial charge in [-0.05, 0) is 48.5 Å². The number of hydrogen-bond donors (Lipinski definition) is 1. The fourth-order valence-electron chi connectivity index (χ4n) is 3.05. The van der Waals surface area contributed by atoms with Gasteiger partial charge in [-0.15, -0.1) is 0 Å². The van der Waals surface area contributed by atoms with Crippen LogP contribution in [-0.2, 0) is 14.6 Å². The van der Waals surface area contributed by atoms with Crippen molar-refractivity contribution < 1.29 is 22.4 Å². The highest BCUT2D eigenvalue weighted by Gasteiger charge is 2.29. The largest absolute Gasteiger partial charge is 0.495 e. The van der Waals surface area contributed by atoms with E-state index in [0.29, 0.717) is 22.0 Å². The lowest BCUT2D eigenvalue weighted by atomic mass is 10.2. The standard InChI is InChI=1S/C24H19ClN2O5S2/c1-31-20-10-6-5-9-19(20)26-21(28)15-33-24-23(27-22(32-24)16-7-3-2-4-8-16)34(29,30)18-13-11-17(25)12-14-18/h2-14H,15H2,1H3,(H,26,28). The van der Waals surface area contributed by atoms with Crippen LogP contribution in [0, 0.1) is 0 Å². The van der Waals surface area contributed by atoms with E-state index in [9.17, 15) is 13.2 Å². The molecule has 174 valence electrons. The van der Waals surface area contributed by atoms with Gasteiger partial charge in [0, 0.05) is 10.6 Å². The number of oxazole rings is 1. The van der Waals surface area contributed by atoms with E-state index >= 15 is 0 Å². The molecule has 0 radical (unpaired) electrons. The van der Waals surface area contributed by atoms with E-state index in [4.69, 9.17) is 20.8 Å². The van der Waals surface area contributed by atoms with Crippen LogP contribution in [0.3, 0.4) is 0 Å². The lowest BCUT2D eigenvalue weighted by Crippen LogP contribution is -2.15. The Morgan fingerprint density at radius 3 is 2.41 bits per heavy atom. The Hall–Kier alpha value is -3.27. The molecular formula is C24H19ClN2O5S2. The molecule has 4 aromatic rings. The Kier molecular flexibility index (Phi) is 7.26. The molecule has 0 atom stereocenters. The van der Waals surface area contributed by atoms with Gasteiger partial charge < -0.3 is 14.5 Å². The van der Waals surface area contributed by atoms with Gasteiger partial charge >= 0.3 is 0 Å². The number of carbonyl (C=O) groups is 1. The number of nitrogens with zero attached hydrogens (tertiary/aromatic N) is 1. The van der Waals surface area contributed by atoms with Gasteiger partial charge in [-0.1, -0.05) is 53.7 Å². The molecule has 0 aliphatic heterocycles. The second-order valence-electron chi connectivity index (χ2n) is 6.97. The lowest BCUT2D eigenvalue weighted by molar-refractivity contribution is -0.113. The highest BCUT2D eigenvalue weighted by Crippen LogP contribution is 2.35. The molecular weight excluding hydrogens is 496 g/mol. The number of para-hydroxylation sites is 2. The summed E-state index contributed by atoms with van der Waals surface area (Å²) in [5.41, 5.74) is 1.12. The summed E-state index contributed by atoms with van der Waals surface area (Å²) in [5.74, 6) is 0.186. The van der Waals surface area contributed by atoms with Crippen LogP contribution in [0.15, 0.2) is 98.3 Å². The maximum absolute atomic E-state index is 13.3. The predicted octanol–water partition coefficient (Wildman–Crippen LogP) is 5.57.